The molecule has 1 saturated heterocycles. The first kappa shape index (κ1) is 13.3. The smallest absolute Gasteiger partial charge is 0.110 e. The number of pyridine rings is 1. The van der Waals surface area contributed by atoms with Gasteiger partial charge >= 0.3 is 0 Å². The summed E-state index contributed by atoms with van der Waals surface area (Å²) >= 11 is 0. The number of imidazole rings is 1. The zero-order chi connectivity index (χ0) is 13.8. The molecule has 2 aromatic rings. The summed E-state index contributed by atoms with van der Waals surface area (Å²) in [4.78, 5) is 14.7. The van der Waals surface area contributed by atoms with Crippen molar-refractivity contribution in [1.29, 1.82) is 0 Å². The number of likely N-dealkylation sites (tertiary alicyclic amines) is 1. The zero-order valence-electron chi connectivity index (χ0n) is 12.0. The third-order valence-corrected chi connectivity index (χ3v) is 4.09. The molecule has 1 aliphatic heterocycles. The van der Waals surface area contributed by atoms with Gasteiger partial charge in [-0.25, -0.2) is 4.98 Å². The van der Waals surface area contributed by atoms with E-state index < -0.39 is 0 Å². The first-order valence-corrected chi connectivity index (χ1v) is 7.50. The van der Waals surface area contributed by atoms with Gasteiger partial charge in [-0.2, -0.15) is 0 Å². The first-order chi connectivity index (χ1) is 9.85. The van der Waals surface area contributed by atoms with Gasteiger partial charge in [0.2, 0.25) is 0 Å². The van der Waals surface area contributed by atoms with E-state index in [2.05, 4.69) is 38.9 Å². The van der Waals surface area contributed by atoms with Crippen LogP contribution in [0.1, 0.15) is 42.8 Å². The van der Waals surface area contributed by atoms with Gasteiger partial charge in [0.25, 0.3) is 0 Å². The maximum Gasteiger partial charge on any atom is 0.110 e. The predicted octanol–water partition coefficient (Wildman–Crippen LogP) is 2.75. The molecule has 1 fully saturated rings. The second-order valence-electron chi connectivity index (χ2n) is 5.56. The molecule has 0 radical (unpaired) electrons. The molecule has 106 valence electrons. The lowest BCUT2D eigenvalue weighted by Crippen LogP contribution is -2.34. The maximum atomic E-state index is 4.57. The van der Waals surface area contributed by atoms with Crippen molar-refractivity contribution in [2.45, 2.75) is 38.6 Å². The number of hydrogen-bond acceptors (Lipinski definition) is 3. The molecule has 3 rings (SSSR count). The summed E-state index contributed by atoms with van der Waals surface area (Å²) in [6, 6.07) is 4.35. The SMILES string of the molecule is CCc1ccc(CN2CCC[C@H](c3ncc[nH]3)C2)nc1. The molecule has 1 N–H and O–H groups in total. The normalized spacial score (nSPS) is 20.1. The van der Waals surface area contributed by atoms with Crippen molar-refractivity contribution in [2.75, 3.05) is 13.1 Å². The van der Waals surface area contributed by atoms with E-state index >= 15 is 0 Å². The minimum Gasteiger partial charge on any atom is -0.348 e. The van der Waals surface area contributed by atoms with Crippen LogP contribution in [0.25, 0.3) is 0 Å². The third kappa shape index (κ3) is 3.07. The maximum absolute atomic E-state index is 4.57. The number of H-pyrrole nitrogens is 1. The van der Waals surface area contributed by atoms with Gasteiger partial charge in [-0.05, 0) is 37.4 Å². The number of aromatic nitrogens is 3. The van der Waals surface area contributed by atoms with Gasteiger partial charge in [-0.1, -0.05) is 13.0 Å². The van der Waals surface area contributed by atoms with Crippen molar-refractivity contribution < 1.29 is 0 Å². The molecule has 4 nitrogen and oxygen atoms in total. The molecule has 2 aromatic heterocycles. The van der Waals surface area contributed by atoms with Crippen molar-refractivity contribution in [3.8, 4) is 0 Å². The highest BCUT2D eigenvalue weighted by Crippen LogP contribution is 2.25. The van der Waals surface area contributed by atoms with Crippen LogP contribution >= 0.6 is 0 Å². The summed E-state index contributed by atoms with van der Waals surface area (Å²) in [5, 5.41) is 0. The van der Waals surface area contributed by atoms with E-state index in [0.717, 1.165) is 31.9 Å². The van der Waals surface area contributed by atoms with Crippen LogP contribution in [0.3, 0.4) is 0 Å². The molecule has 1 atom stereocenters. The van der Waals surface area contributed by atoms with Crippen LogP contribution in [0.5, 0.6) is 0 Å². The zero-order valence-corrected chi connectivity index (χ0v) is 12.0. The molecule has 3 heterocycles. The second-order valence-corrected chi connectivity index (χ2v) is 5.56. The molecule has 1 aliphatic rings. The van der Waals surface area contributed by atoms with Gasteiger partial charge in [-0.15, -0.1) is 0 Å². The van der Waals surface area contributed by atoms with Gasteiger partial charge in [0.05, 0.1) is 5.69 Å². The van der Waals surface area contributed by atoms with Gasteiger partial charge in [0.15, 0.2) is 0 Å². The second kappa shape index (κ2) is 6.18. The van der Waals surface area contributed by atoms with Gasteiger partial charge in [0.1, 0.15) is 5.82 Å². The van der Waals surface area contributed by atoms with Gasteiger partial charge in [0, 0.05) is 37.6 Å². The fraction of sp³-hybridized carbons (Fsp3) is 0.500. The van der Waals surface area contributed by atoms with E-state index in [1.807, 2.05) is 18.6 Å². The Bertz CT molecular complexity index is 518. The number of hydrogen-bond donors (Lipinski definition) is 1. The fourth-order valence-corrected chi connectivity index (χ4v) is 2.91. The Balaban J connectivity index is 1.62. The number of nitrogens with zero attached hydrogens (tertiary/aromatic N) is 3. The third-order valence-electron chi connectivity index (χ3n) is 4.09. The highest BCUT2D eigenvalue weighted by atomic mass is 15.1. The van der Waals surface area contributed by atoms with Crippen molar-refractivity contribution in [3.63, 3.8) is 0 Å². The number of rotatable bonds is 4. The number of piperidine rings is 1. The Morgan fingerprint density at radius 2 is 2.30 bits per heavy atom. The molecule has 0 aromatic carbocycles. The summed E-state index contributed by atoms with van der Waals surface area (Å²) in [5.74, 6) is 1.66. The Labute approximate surface area is 120 Å². The minimum atomic E-state index is 0.536. The van der Waals surface area contributed by atoms with Crippen LogP contribution in [0.2, 0.25) is 0 Å². The fourth-order valence-electron chi connectivity index (χ4n) is 2.91. The Morgan fingerprint density at radius 3 is 3.00 bits per heavy atom. The molecule has 4 heteroatoms. The van der Waals surface area contributed by atoms with Crippen molar-refractivity contribution >= 4 is 0 Å². The lowest BCUT2D eigenvalue weighted by Gasteiger charge is -2.31. The van der Waals surface area contributed by atoms with Crippen LogP contribution in [0.4, 0.5) is 0 Å². The molecule has 0 bridgehead atoms. The lowest BCUT2D eigenvalue weighted by atomic mass is 9.97. The van der Waals surface area contributed by atoms with E-state index in [9.17, 15) is 0 Å². The van der Waals surface area contributed by atoms with Crippen molar-refractivity contribution in [1.82, 2.24) is 19.9 Å². The molecule has 0 saturated carbocycles. The number of aryl methyl sites for hydroxylation is 1. The lowest BCUT2D eigenvalue weighted by molar-refractivity contribution is 0.195. The highest BCUT2D eigenvalue weighted by Gasteiger charge is 2.23. The van der Waals surface area contributed by atoms with Crippen LogP contribution in [-0.4, -0.2) is 32.9 Å². The summed E-state index contributed by atoms with van der Waals surface area (Å²) in [5.41, 5.74) is 2.48. The summed E-state index contributed by atoms with van der Waals surface area (Å²) in [7, 11) is 0. The molecular formula is C16H22N4. The Hall–Kier alpha value is -1.68. The van der Waals surface area contributed by atoms with Crippen LogP contribution in [-0.2, 0) is 13.0 Å². The van der Waals surface area contributed by atoms with Gasteiger partial charge in [-0.3, -0.25) is 9.88 Å². The van der Waals surface area contributed by atoms with E-state index in [0.29, 0.717) is 5.92 Å². The highest BCUT2D eigenvalue weighted by molar-refractivity contribution is 5.14. The van der Waals surface area contributed by atoms with Crippen molar-refractivity contribution in [3.05, 3.63) is 47.8 Å². The standard InChI is InChI=1S/C16H22N4/c1-2-13-5-6-15(19-10-13)12-20-9-3-4-14(11-20)16-17-7-8-18-16/h5-8,10,14H,2-4,9,11-12H2,1H3,(H,17,18)/t14-/m0/s1. The average Bonchev–Trinajstić information content (AvgIpc) is 3.03. The molecular weight excluding hydrogens is 248 g/mol. The van der Waals surface area contributed by atoms with E-state index in [1.165, 1.54) is 24.1 Å². The Kier molecular flexibility index (Phi) is 4.11. The first-order valence-electron chi connectivity index (χ1n) is 7.50. The summed E-state index contributed by atoms with van der Waals surface area (Å²) < 4.78 is 0. The summed E-state index contributed by atoms with van der Waals surface area (Å²) in [6.45, 7) is 5.34. The van der Waals surface area contributed by atoms with Crippen LogP contribution < -0.4 is 0 Å². The molecule has 0 spiro atoms. The van der Waals surface area contributed by atoms with E-state index in [1.54, 1.807) is 0 Å². The predicted molar refractivity (Wildman–Crippen MR) is 79.5 cm³/mol. The largest absolute Gasteiger partial charge is 0.348 e. The average molecular weight is 270 g/mol. The van der Waals surface area contributed by atoms with Crippen LogP contribution in [0.15, 0.2) is 30.7 Å². The molecule has 0 aliphatic carbocycles. The summed E-state index contributed by atoms with van der Waals surface area (Å²) in [6.07, 6.45) is 9.28. The number of aromatic amines is 1. The molecule has 20 heavy (non-hydrogen) atoms. The quantitative estimate of drug-likeness (QED) is 0.929. The molecule has 0 unspecified atom stereocenters. The van der Waals surface area contributed by atoms with Crippen molar-refractivity contribution in [2.24, 2.45) is 0 Å². The minimum absolute atomic E-state index is 0.536. The number of nitrogens with one attached hydrogen (secondary N) is 1. The van der Waals surface area contributed by atoms with E-state index in [4.69, 9.17) is 0 Å². The Morgan fingerprint density at radius 1 is 1.35 bits per heavy atom. The van der Waals surface area contributed by atoms with Crippen LogP contribution in [0, 0.1) is 0 Å². The van der Waals surface area contributed by atoms with E-state index in [-0.39, 0.29) is 0 Å². The monoisotopic (exact) mass is 270 g/mol. The van der Waals surface area contributed by atoms with Gasteiger partial charge < -0.3 is 4.98 Å². The topological polar surface area (TPSA) is 44.8 Å². The molecule has 0 amide bonds.